The molecule has 4 rings (SSSR count). The molecule has 0 spiro atoms. The minimum Gasteiger partial charge on any atom is -0.445 e. The molecule has 0 atom stereocenters. The number of carbonyl (C=O) groups excluding carboxylic acids is 1. The number of carbonyl (C=O) groups is 1. The fourth-order valence-corrected chi connectivity index (χ4v) is 4.38. The SMILES string of the molecule is CNC(=O)OCc1ccc(-c2cc(-c3nc(-c4ccc(S(=O)(=O)C(C)C)cc4)cnc3N)on2)cc1. The number of nitrogens with one attached hydrogen (secondary N) is 1. The van der Waals surface area contributed by atoms with Crippen molar-refractivity contribution in [2.45, 2.75) is 30.6 Å². The third kappa shape index (κ3) is 5.20. The zero-order chi connectivity index (χ0) is 25.9. The first-order valence-electron chi connectivity index (χ1n) is 11.1. The van der Waals surface area contributed by atoms with Crippen molar-refractivity contribution in [2.75, 3.05) is 12.8 Å². The molecule has 1 amide bonds. The molecular formula is C25H25N5O5S. The second-order valence-corrected chi connectivity index (χ2v) is 10.7. The number of benzene rings is 2. The van der Waals surface area contributed by atoms with E-state index in [4.69, 9.17) is 15.0 Å². The molecule has 0 bridgehead atoms. The monoisotopic (exact) mass is 507 g/mol. The normalized spacial score (nSPS) is 11.4. The number of rotatable bonds is 7. The van der Waals surface area contributed by atoms with Crippen LogP contribution in [0.15, 0.2) is 70.2 Å². The average Bonchev–Trinajstić information content (AvgIpc) is 3.38. The summed E-state index contributed by atoms with van der Waals surface area (Å²) in [6, 6.07) is 15.5. The van der Waals surface area contributed by atoms with Gasteiger partial charge in [-0.1, -0.05) is 41.6 Å². The Balaban J connectivity index is 1.56. The predicted molar refractivity (Wildman–Crippen MR) is 134 cm³/mol. The van der Waals surface area contributed by atoms with Crippen molar-refractivity contribution in [3.63, 3.8) is 0 Å². The Morgan fingerprint density at radius 1 is 1.06 bits per heavy atom. The van der Waals surface area contributed by atoms with Crippen LogP contribution < -0.4 is 11.1 Å². The van der Waals surface area contributed by atoms with Crippen LogP contribution in [-0.2, 0) is 21.2 Å². The van der Waals surface area contributed by atoms with Crippen LogP contribution in [0.5, 0.6) is 0 Å². The molecule has 0 saturated carbocycles. The highest BCUT2D eigenvalue weighted by Crippen LogP contribution is 2.30. The van der Waals surface area contributed by atoms with Crippen LogP contribution in [0.1, 0.15) is 19.4 Å². The number of sulfone groups is 1. The Morgan fingerprint density at radius 2 is 1.69 bits per heavy atom. The highest BCUT2D eigenvalue weighted by molar-refractivity contribution is 7.92. The lowest BCUT2D eigenvalue weighted by atomic mass is 10.1. The molecule has 4 aromatic rings. The molecule has 10 nitrogen and oxygen atoms in total. The van der Waals surface area contributed by atoms with Gasteiger partial charge in [0.25, 0.3) is 0 Å². The Morgan fingerprint density at radius 3 is 2.33 bits per heavy atom. The first kappa shape index (κ1) is 24.9. The van der Waals surface area contributed by atoms with E-state index < -0.39 is 21.2 Å². The van der Waals surface area contributed by atoms with E-state index in [1.807, 2.05) is 24.3 Å². The van der Waals surface area contributed by atoms with Gasteiger partial charge in [0.05, 0.1) is 22.0 Å². The van der Waals surface area contributed by atoms with Gasteiger partial charge < -0.3 is 20.3 Å². The summed E-state index contributed by atoms with van der Waals surface area (Å²) < 4.78 is 35.3. The predicted octanol–water partition coefficient (Wildman–Crippen LogP) is 4.09. The third-order valence-corrected chi connectivity index (χ3v) is 7.64. The van der Waals surface area contributed by atoms with Gasteiger partial charge >= 0.3 is 6.09 Å². The van der Waals surface area contributed by atoms with Gasteiger partial charge in [0.1, 0.15) is 12.3 Å². The highest BCUT2D eigenvalue weighted by atomic mass is 32.2. The third-order valence-electron chi connectivity index (χ3n) is 5.47. The van der Waals surface area contributed by atoms with E-state index in [1.54, 1.807) is 44.2 Å². The van der Waals surface area contributed by atoms with Gasteiger partial charge in [0.2, 0.25) is 0 Å². The standard InChI is InChI=1S/C25H25N5O5S/c1-15(2)36(32,33)19-10-8-18(9-11-19)21-13-28-24(26)23(29-21)22-12-20(30-35-22)17-6-4-16(5-7-17)14-34-25(31)27-3/h4-13,15H,14H2,1-3H3,(H2,26,28)(H,27,31). The minimum atomic E-state index is -3.37. The quantitative estimate of drug-likeness (QED) is 0.377. The number of nitrogens with two attached hydrogens (primary N) is 1. The highest BCUT2D eigenvalue weighted by Gasteiger charge is 2.20. The number of nitrogen functional groups attached to an aromatic ring is 1. The van der Waals surface area contributed by atoms with Crippen molar-refractivity contribution in [2.24, 2.45) is 0 Å². The number of amides is 1. The summed E-state index contributed by atoms with van der Waals surface area (Å²) in [6.07, 6.45) is 1.01. The lowest BCUT2D eigenvalue weighted by Gasteiger charge is -2.09. The van der Waals surface area contributed by atoms with Gasteiger partial charge in [-0.3, -0.25) is 0 Å². The summed E-state index contributed by atoms with van der Waals surface area (Å²) >= 11 is 0. The van der Waals surface area contributed by atoms with Crippen LogP contribution in [0.25, 0.3) is 34.0 Å². The number of nitrogens with zero attached hydrogens (tertiary/aromatic N) is 3. The molecule has 0 aliphatic rings. The summed E-state index contributed by atoms with van der Waals surface area (Å²) in [5, 5.41) is 6.00. The summed E-state index contributed by atoms with van der Waals surface area (Å²) in [5.74, 6) is 0.505. The Labute approximate surface area is 208 Å². The van der Waals surface area contributed by atoms with Crippen LogP contribution in [0.4, 0.5) is 10.6 Å². The van der Waals surface area contributed by atoms with Crippen molar-refractivity contribution in [1.29, 1.82) is 0 Å². The number of alkyl carbamates (subject to hydrolysis) is 1. The zero-order valence-corrected chi connectivity index (χ0v) is 20.7. The van der Waals surface area contributed by atoms with Crippen molar-refractivity contribution in [3.05, 3.63) is 66.4 Å². The maximum Gasteiger partial charge on any atom is 0.407 e. The zero-order valence-electron chi connectivity index (χ0n) is 19.9. The van der Waals surface area contributed by atoms with Crippen molar-refractivity contribution >= 4 is 21.7 Å². The van der Waals surface area contributed by atoms with Crippen LogP contribution in [0.3, 0.4) is 0 Å². The molecule has 0 aliphatic carbocycles. The topological polar surface area (TPSA) is 150 Å². The van der Waals surface area contributed by atoms with E-state index >= 15 is 0 Å². The van der Waals surface area contributed by atoms with E-state index in [-0.39, 0.29) is 17.3 Å². The second-order valence-electron chi connectivity index (χ2n) is 8.21. The van der Waals surface area contributed by atoms with E-state index in [2.05, 4.69) is 20.4 Å². The second kappa shape index (κ2) is 10.2. The molecule has 36 heavy (non-hydrogen) atoms. The molecule has 2 aromatic heterocycles. The van der Waals surface area contributed by atoms with Crippen LogP contribution in [-0.4, -0.2) is 41.9 Å². The maximum atomic E-state index is 12.4. The van der Waals surface area contributed by atoms with Crippen LogP contribution in [0.2, 0.25) is 0 Å². The molecule has 3 N–H and O–H groups in total. The maximum absolute atomic E-state index is 12.4. The number of hydrogen-bond donors (Lipinski definition) is 2. The fraction of sp³-hybridized carbons (Fsp3) is 0.200. The van der Waals surface area contributed by atoms with E-state index in [0.717, 1.165) is 11.1 Å². The molecule has 11 heteroatoms. The van der Waals surface area contributed by atoms with E-state index in [0.29, 0.717) is 28.4 Å². The van der Waals surface area contributed by atoms with Crippen molar-refractivity contribution in [1.82, 2.24) is 20.4 Å². The number of hydrogen-bond acceptors (Lipinski definition) is 9. The van der Waals surface area contributed by atoms with Gasteiger partial charge in [-0.15, -0.1) is 0 Å². The van der Waals surface area contributed by atoms with Crippen LogP contribution >= 0.6 is 0 Å². The number of anilines is 1. The first-order chi connectivity index (χ1) is 17.2. The van der Waals surface area contributed by atoms with Crippen molar-refractivity contribution < 1.29 is 22.5 Å². The molecule has 2 heterocycles. The summed E-state index contributed by atoms with van der Waals surface area (Å²) in [7, 11) is -1.88. The lowest BCUT2D eigenvalue weighted by molar-refractivity contribution is 0.142. The number of aromatic nitrogens is 3. The molecule has 0 saturated heterocycles. The van der Waals surface area contributed by atoms with Gasteiger partial charge in [-0.05, 0) is 31.5 Å². The summed E-state index contributed by atoms with van der Waals surface area (Å²) in [4.78, 5) is 20.3. The summed E-state index contributed by atoms with van der Waals surface area (Å²) in [6.45, 7) is 3.43. The van der Waals surface area contributed by atoms with Gasteiger partial charge in [-0.25, -0.2) is 23.2 Å². The van der Waals surface area contributed by atoms with Crippen LogP contribution in [0, 0.1) is 0 Å². The molecule has 0 unspecified atom stereocenters. The molecular weight excluding hydrogens is 482 g/mol. The molecule has 0 aliphatic heterocycles. The lowest BCUT2D eigenvalue weighted by Crippen LogP contribution is -2.18. The molecule has 0 fully saturated rings. The van der Waals surface area contributed by atoms with Gasteiger partial charge in [0, 0.05) is 24.2 Å². The molecule has 2 aromatic carbocycles. The first-order valence-corrected chi connectivity index (χ1v) is 12.6. The Bertz CT molecular complexity index is 1480. The summed E-state index contributed by atoms with van der Waals surface area (Å²) in [5.41, 5.74) is 9.75. The minimum absolute atomic E-state index is 0.146. The van der Waals surface area contributed by atoms with Gasteiger partial charge in [0.15, 0.2) is 27.1 Å². The molecule has 0 radical (unpaired) electrons. The fourth-order valence-electron chi connectivity index (χ4n) is 3.32. The molecule has 186 valence electrons. The van der Waals surface area contributed by atoms with E-state index in [1.165, 1.54) is 13.2 Å². The smallest absolute Gasteiger partial charge is 0.407 e. The Hall–Kier alpha value is -4.25. The largest absolute Gasteiger partial charge is 0.445 e. The van der Waals surface area contributed by atoms with Gasteiger partial charge in [-0.2, -0.15) is 0 Å². The van der Waals surface area contributed by atoms with E-state index in [9.17, 15) is 13.2 Å². The Kier molecular flexibility index (Phi) is 7.02. The number of ether oxygens (including phenoxy) is 1. The van der Waals surface area contributed by atoms with Crippen molar-refractivity contribution in [3.8, 4) is 34.0 Å². The average molecular weight is 508 g/mol.